The molecular weight excluding hydrogens is 300 g/mol. The number of benzene rings is 1. The van der Waals surface area contributed by atoms with Crippen molar-refractivity contribution in [2.75, 3.05) is 25.6 Å². The van der Waals surface area contributed by atoms with Gasteiger partial charge >= 0.3 is 0 Å². The van der Waals surface area contributed by atoms with E-state index < -0.39 is 32.7 Å². The van der Waals surface area contributed by atoms with Gasteiger partial charge in [-0.3, -0.25) is 30.2 Å². The van der Waals surface area contributed by atoms with E-state index in [9.17, 15) is 25.0 Å². The zero-order valence-electron chi connectivity index (χ0n) is 11.6. The average molecular weight is 314 g/mol. The maximum absolute atomic E-state index is 11.3. The minimum absolute atomic E-state index is 0.209. The summed E-state index contributed by atoms with van der Waals surface area (Å²) < 4.78 is 4.81. The molecule has 0 unspecified atom stereocenters. The van der Waals surface area contributed by atoms with Crippen molar-refractivity contribution in [3.05, 3.63) is 37.9 Å². The van der Waals surface area contributed by atoms with E-state index in [4.69, 9.17) is 9.94 Å². The van der Waals surface area contributed by atoms with Crippen molar-refractivity contribution in [3.63, 3.8) is 0 Å². The number of hydrogen-bond donors (Lipinski definition) is 3. The van der Waals surface area contributed by atoms with Gasteiger partial charge in [0.1, 0.15) is 0 Å². The zero-order valence-corrected chi connectivity index (χ0v) is 11.6. The number of nitrogens with one attached hydrogen (secondary N) is 2. The van der Waals surface area contributed by atoms with Crippen molar-refractivity contribution >= 4 is 23.0 Å². The number of nitro groups is 2. The first kappa shape index (κ1) is 17.3. The molecule has 0 saturated carbocycles. The third-order valence-electron chi connectivity index (χ3n) is 2.68. The van der Waals surface area contributed by atoms with Gasteiger partial charge in [0.2, 0.25) is 0 Å². The number of carbonyl (C=O) groups excluding carboxylic acids is 1. The average Bonchev–Trinajstić information content (AvgIpc) is 2.49. The van der Waals surface area contributed by atoms with Gasteiger partial charge in [-0.2, -0.15) is 0 Å². The van der Waals surface area contributed by atoms with Gasteiger partial charge in [0, 0.05) is 32.4 Å². The molecule has 0 heterocycles. The van der Waals surface area contributed by atoms with Crippen molar-refractivity contribution in [2.45, 2.75) is 6.42 Å². The smallest absolute Gasteiger partial charge is 0.300 e. The van der Waals surface area contributed by atoms with Crippen LogP contribution in [0.3, 0.4) is 0 Å². The largest absolute Gasteiger partial charge is 0.385 e. The van der Waals surface area contributed by atoms with E-state index >= 15 is 0 Å². The minimum atomic E-state index is -1.09. The number of hydrogen-bond acceptors (Lipinski definition) is 8. The molecule has 1 aromatic carbocycles. The van der Waals surface area contributed by atoms with Gasteiger partial charge in [-0.05, 0) is 6.42 Å². The maximum atomic E-state index is 11.3. The standard InChI is InChI=1S/C11H14N4O7/c1-22-4-2-3-12-10-8(14(18)19)5-7(11(16)13-17)6-9(10)15(20)21/h5-6,12,17H,2-4H2,1H3,(H,13,16). The van der Waals surface area contributed by atoms with Gasteiger partial charge in [-0.25, -0.2) is 5.48 Å². The monoisotopic (exact) mass is 314 g/mol. The Bertz CT molecular complexity index is 555. The molecule has 0 aliphatic rings. The van der Waals surface area contributed by atoms with Crippen molar-refractivity contribution in [1.29, 1.82) is 0 Å². The quantitative estimate of drug-likeness (QED) is 0.278. The predicted octanol–water partition coefficient (Wildman–Crippen LogP) is 1.07. The fourth-order valence-corrected chi connectivity index (χ4v) is 1.71. The van der Waals surface area contributed by atoms with Crippen LogP contribution in [-0.4, -0.2) is 41.2 Å². The Kier molecular flexibility index (Phi) is 6.16. The number of anilines is 1. The number of hydroxylamine groups is 1. The van der Waals surface area contributed by atoms with Gasteiger partial charge in [-0.15, -0.1) is 0 Å². The molecule has 0 aromatic heterocycles. The fraction of sp³-hybridized carbons (Fsp3) is 0.364. The number of nitro benzene ring substituents is 2. The third kappa shape index (κ3) is 4.10. The van der Waals surface area contributed by atoms with E-state index in [1.54, 1.807) is 0 Å². The second kappa shape index (κ2) is 7.85. The Balaban J connectivity index is 3.28. The van der Waals surface area contributed by atoms with Crippen LogP contribution in [-0.2, 0) is 4.74 Å². The van der Waals surface area contributed by atoms with E-state index in [0.29, 0.717) is 13.0 Å². The number of nitrogens with zero attached hydrogens (tertiary/aromatic N) is 2. The highest BCUT2D eigenvalue weighted by Gasteiger charge is 2.28. The first-order chi connectivity index (χ1) is 10.4. The summed E-state index contributed by atoms with van der Waals surface area (Å²) in [7, 11) is 1.48. The maximum Gasteiger partial charge on any atom is 0.300 e. The Morgan fingerprint density at radius 3 is 2.23 bits per heavy atom. The van der Waals surface area contributed by atoms with E-state index in [1.807, 2.05) is 0 Å². The molecule has 0 saturated heterocycles. The highest BCUT2D eigenvalue weighted by molar-refractivity contribution is 5.96. The molecular formula is C11H14N4O7. The van der Waals surface area contributed by atoms with Crippen LogP contribution in [0.2, 0.25) is 0 Å². The van der Waals surface area contributed by atoms with Crippen molar-refractivity contribution in [2.24, 2.45) is 0 Å². The van der Waals surface area contributed by atoms with Crippen LogP contribution in [0.15, 0.2) is 12.1 Å². The SMILES string of the molecule is COCCCNc1c([N+](=O)[O-])cc(C(=O)NO)cc1[N+](=O)[O-]. The van der Waals surface area contributed by atoms with E-state index in [1.165, 1.54) is 12.6 Å². The summed E-state index contributed by atoms with van der Waals surface area (Å²) in [5.74, 6) is -1.09. The topological polar surface area (TPSA) is 157 Å². The Labute approximate surface area is 124 Å². The lowest BCUT2D eigenvalue weighted by molar-refractivity contribution is -0.392. The van der Waals surface area contributed by atoms with Crippen molar-refractivity contribution in [1.82, 2.24) is 5.48 Å². The van der Waals surface area contributed by atoms with Gasteiger partial charge in [0.25, 0.3) is 17.3 Å². The molecule has 1 rings (SSSR count). The number of ether oxygens (including phenoxy) is 1. The summed E-state index contributed by atoms with van der Waals surface area (Å²) in [6.07, 6.45) is 0.476. The lowest BCUT2D eigenvalue weighted by atomic mass is 10.1. The number of methoxy groups -OCH3 is 1. The van der Waals surface area contributed by atoms with Crippen LogP contribution in [0.25, 0.3) is 0 Å². The van der Waals surface area contributed by atoms with Crippen LogP contribution in [0.1, 0.15) is 16.8 Å². The lowest BCUT2D eigenvalue weighted by Crippen LogP contribution is -2.19. The normalized spacial score (nSPS) is 10.1. The summed E-state index contributed by atoms with van der Waals surface area (Å²) in [6, 6.07) is 1.69. The molecule has 22 heavy (non-hydrogen) atoms. The molecule has 0 aliphatic carbocycles. The van der Waals surface area contributed by atoms with Gasteiger partial charge in [0.05, 0.1) is 15.4 Å². The van der Waals surface area contributed by atoms with E-state index in [-0.39, 0.29) is 12.2 Å². The Morgan fingerprint density at radius 2 is 1.82 bits per heavy atom. The van der Waals surface area contributed by atoms with Gasteiger partial charge in [-0.1, -0.05) is 0 Å². The summed E-state index contributed by atoms with van der Waals surface area (Å²) in [6.45, 7) is 0.584. The Morgan fingerprint density at radius 1 is 1.27 bits per heavy atom. The summed E-state index contributed by atoms with van der Waals surface area (Å²) in [4.78, 5) is 31.8. The third-order valence-corrected chi connectivity index (χ3v) is 2.68. The summed E-state index contributed by atoms with van der Waals surface area (Å²) >= 11 is 0. The summed E-state index contributed by atoms with van der Waals surface area (Å²) in [5, 5.41) is 33.3. The molecule has 0 aliphatic heterocycles. The van der Waals surface area contributed by atoms with E-state index in [0.717, 1.165) is 12.1 Å². The number of carbonyl (C=O) groups is 1. The van der Waals surface area contributed by atoms with Crippen LogP contribution in [0.5, 0.6) is 0 Å². The molecule has 120 valence electrons. The molecule has 0 atom stereocenters. The first-order valence-corrected chi connectivity index (χ1v) is 6.06. The van der Waals surface area contributed by atoms with Gasteiger partial charge in [0.15, 0.2) is 5.69 Å². The first-order valence-electron chi connectivity index (χ1n) is 6.06. The summed E-state index contributed by atoms with van der Waals surface area (Å²) in [5.41, 5.74) is -0.701. The highest BCUT2D eigenvalue weighted by Crippen LogP contribution is 2.35. The van der Waals surface area contributed by atoms with Crippen LogP contribution in [0, 0.1) is 20.2 Å². The second-order valence-corrected chi connectivity index (χ2v) is 4.12. The molecule has 1 amide bonds. The highest BCUT2D eigenvalue weighted by atomic mass is 16.6. The van der Waals surface area contributed by atoms with Crippen molar-refractivity contribution in [3.8, 4) is 0 Å². The fourth-order valence-electron chi connectivity index (χ4n) is 1.71. The van der Waals surface area contributed by atoms with Crippen molar-refractivity contribution < 1.29 is 24.6 Å². The molecule has 0 radical (unpaired) electrons. The molecule has 0 fully saturated rings. The zero-order chi connectivity index (χ0) is 16.7. The number of rotatable bonds is 8. The predicted molar refractivity (Wildman–Crippen MR) is 74.0 cm³/mol. The van der Waals surface area contributed by atoms with Crippen LogP contribution >= 0.6 is 0 Å². The molecule has 0 spiro atoms. The number of amides is 1. The Hall–Kier alpha value is -2.79. The molecule has 11 heteroatoms. The molecule has 1 aromatic rings. The minimum Gasteiger partial charge on any atom is -0.385 e. The second-order valence-electron chi connectivity index (χ2n) is 4.12. The van der Waals surface area contributed by atoms with E-state index in [2.05, 4.69) is 5.32 Å². The lowest BCUT2D eigenvalue weighted by Gasteiger charge is -2.09. The van der Waals surface area contributed by atoms with Crippen LogP contribution in [0.4, 0.5) is 17.1 Å². The van der Waals surface area contributed by atoms with Crippen LogP contribution < -0.4 is 10.8 Å². The molecule has 3 N–H and O–H groups in total. The molecule has 0 bridgehead atoms. The van der Waals surface area contributed by atoms with Gasteiger partial charge < -0.3 is 10.1 Å². The molecule has 11 nitrogen and oxygen atoms in total.